The number of nitro benzene ring substituents is 2. The third-order valence-corrected chi connectivity index (χ3v) is 6.61. The summed E-state index contributed by atoms with van der Waals surface area (Å²) in [5.74, 6) is -0.592. The van der Waals surface area contributed by atoms with Crippen LogP contribution in [-0.2, 0) is 11.3 Å². The van der Waals surface area contributed by atoms with Crippen LogP contribution in [0.5, 0.6) is 11.5 Å². The highest BCUT2D eigenvalue weighted by Gasteiger charge is 2.35. The number of benzene rings is 3. The maximum absolute atomic E-state index is 13.0. The van der Waals surface area contributed by atoms with E-state index in [1.54, 1.807) is 36.4 Å². The third kappa shape index (κ3) is 5.56. The molecular formula is C23H13BrClN3O7S. The van der Waals surface area contributed by atoms with Crippen LogP contribution in [0.25, 0.3) is 6.08 Å². The van der Waals surface area contributed by atoms with Gasteiger partial charge in [0.2, 0.25) is 5.75 Å². The molecule has 10 nitrogen and oxygen atoms in total. The molecule has 0 saturated carbocycles. The number of halogens is 2. The summed E-state index contributed by atoms with van der Waals surface area (Å²) in [5.41, 5.74) is 0.0229. The van der Waals surface area contributed by atoms with Crippen molar-refractivity contribution >= 4 is 67.9 Å². The van der Waals surface area contributed by atoms with Gasteiger partial charge in [-0.05, 0) is 59.8 Å². The fourth-order valence-corrected chi connectivity index (χ4v) is 4.58. The Morgan fingerprint density at radius 3 is 2.33 bits per heavy atom. The molecule has 2 amide bonds. The molecule has 0 atom stereocenters. The summed E-state index contributed by atoms with van der Waals surface area (Å²) < 4.78 is 6.36. The first-order valence-corrected chi connectivity index (χ1v) is 12.0. The minimum Gasteiger partial charge on any atom is -0.449 e. The van der Waals surface area contributed by atoms with Crippen LogP contribution < -0.4 is 4.74 Å². The highest BCUT2D eigenvalue weighted by atomic mass is 79.9. The summed E-state index contributed by atoms with van der Waals surface area (Å²) in [4.78, 5) is 47.7. The van der Waals surface area contributed by atoms with Crippen LogP contribution in [0.15, 0.2) is 70.0 Å². The number of rotatable bonds is 7. The number of hydrogen-bond acceptors (Lipinski definition) is 8. The average molecular weight is 591 g/mol. The number of carbonyl (C=O) groups excluding carboxylic acids is 2. The number of nitrogens with zero attached hydrogens (tertiary/aromatic N) is 3. The van der Waals surface area contributed by atoms with Crippen LogP contribution in [0.1, 0.15) is 11.1 Å². The number of imide groups is 1. The smallest absolute Gasteiger partial charge is 0.318 e. The number of non-ortho nitro benzene ring substituents is 1. The van der Waals surface area contributed by atoms with Crippen LogP contribution in [0.4, 0.5) is 16.2 Å². The van der Waals surface area contributed by atoms with E-state index >= 15 is 0 Å². The molecule has 0 aliphatic carbocycles. The normalized spacial score (nSPS) is 14.4. The monoisotopic (exact) mass is 589 g/mol. The van der Waals surface area contributed by atoms with Crippen LogP contribution in [-0.4, -0.2) is 25.9 Å². The lowest BCUT2D eigenvalue weighted by Crippen LogP contribution is -2.27. The number of hydrogen-bond donors (Lipinski definition) is 0. The Kier molecular flexibility index (Phi) is 7.38. The molecule has 3 aromatic rings. The zero-order valence-corrected chi connectivity index (χ0v) is 21.1. The number of ether oxygens (including phenoxy) is 1. The van der Waals surface area contributed by atoms with Gasteiger partial charge < -0.3 is 4.74 Å². The second-order valence-corrected chi connectivity index (χ2v) is 9.69. The van der Waals surface area contributed by atoms with Crippen molar-refractivity contribution in [1.82, 2.24) is 4.90 Å². The summed E-state index contributed by atoms with van der Waals surface area (Å²) in [5, 5.41) is 22.6. The van der Waals surface area contributed by atoms with Gasteiger partial charge in [0.15, 0.2) is 0 Å². The molecule has 1 saturated heterocycles. The Labute approximate surface area is 220 Å². The van der Waals surface area contributed by atoms with Gasteiger partial charge in [-0.15, -0.1) is 0 Å². The fourth-order valence-electron chi connectivity index (χ4n) is 3.24. The van der Waals surface area contributed by atoms with Crippen LogP contribution in [0.3, 0.4) is 0 Å². The van der Waals surface area contributed by atoms with Crippen molar-refractivity contribution in [2.24, 2.45) is 0 Å². The maximum atomic E-state index is 13.0. The Morgan fingerprint density at radius 2 is 1.67 bits per heavy atom. The van der Waals surface area contributed by atoms with Gasteiger partial charge in [0.25, 0.3) is 16.8 Å². The van der Waals surface area contributed by atoms with Crippen molar-refractivity contribution in [3.63, 3.8) is 0 Å². The SMILES string of the molecule is O=C1S/C(=C\c2cc(Br)ccc2Oc2ccc([N+](=O)[O-])cc2[N+](=O)[O-])C(=O)N1Cc1ccc(Cl)cc1. The summed E-state index contributed by atoms with van der Waals surface area (Å²) in [6.07, 6.45) is 1.45. The summed E-state index contributed by atoms with van der Waals surface area (Å²) >= 11 is 9.98. The molecule has 3 aromatic carbocycles. The van der Waals surface area contributed by atoms with Crippen molar-refractivity contribution in [1.29, 1.82) is 0 Å². The molecular weight excluding hydrogens is 578 g/mol. The van der Waals surface area contributed by atoms with Crippen LogP contribution in [0.2, 0.25) is 5.02 Å². The molecule has 182 valence electrons. The van der Waals surface area contributed by atoms with Gasteiger partial charge >= 0.3 is 5.69 Å². The van der Waals surface area contributed by atoms with E-state index in [1.165, 1.54) is 12.1 Å². The average Bonchev–Trinajstić information content (AvgIpc) is 3.09. The zero-order chi connectivity index (χ0) is 26.0. The van der Waals surface area contributed by atoms with E-state index in [1.807, 2.05) is 0 Å². The topological polar surface area (TPSA) is 133 Å². The lowest BCUT2D eigenvalue weighted by molar-refractivity contribution is -0.394. The second kappa shape index (κ2) is 10.5. The third-order valence-electron chi connectivity index (χ3n) is 4.96. The molecule has 0 N–H and O–H groups in total. The number of carbonyl (C=O) groups is 2. The van der Waals surface area contributed by atoms with Crippen LogP contribution in [0, 0.1) is 20.2 Å². The first-order chi connectivity index (χ1) is 17.1. The van der Waals surface area contributed by atoms with E-state index in [0.29, 0.717) is 15.1 Å². The van der Waals surface area contributed by atoms with E-state index < -0.39 is 32.4 Å². The summed E-state index contributed by atoms with van der Waals surface area (Å²) in [7, 11) is 0. The number of thioether (sulfide) groups is 1. The van der Waals surface area contributed by atoms with E-state index in [0.717, 1.165) is 40.4 Å². The fraction of sp³-hybridized carbons (Fsp3) is 0.0435. The molecule has 0 spiro atoms. The highest BCUT2D eigenvalue weighted by molar-refractivity contribution is 9.10. The Balaban J connectivity index is 1.65. The van der Waals surface area contributed by atoms with Gasteiger partial charge in [-0.3, -0.25) is 34.7 Å². The standard InChI is InChI=1S/C23H13BrClN3O7S/c24-15-3-7-19(35-20-8-6-17(27(31)32)11-18(20)28(33)34)14(9-15)10-21-22(29)26(23(30)36-21)12-13-1-4-16(25)5-2-13/h1-11H,12H2/b21-10-. The molecule has 1 fully saturated rings. The van der Waals surface area contributed by atoms with Crippen molar-refractivity contribution < 1.29 is 24.2 Å². The summed E-state index contributed by atoms with van der Waals surface area (Å²) in [6.45, 7) is 0.0655. The predicted molar refractivity (Wildman–Crippen MR) is 137 cm³/mol. The quantitative estimate of drug-likeness (QED) is 0.164. The summed E-state index contributed by atoms with van der Waals surface area (Å²) in [6, 6.07) is 14.5. The van der Waals surface area contributed by atoms with Gasteiger partial charge in [-0.1, -0.05) is 39.7 Å². The zero-order valence-electron chi connectivity index (χ0n) is 17.9. The van der Waals surface area contributed by atoms with Gasteiger partial charge in [0.05, 0.1) is 27.4 Å². The molecule has 13 heteroatoms. The van der Waals surface area contributed by atoms with Gasteiger partial charge in [-0.2, -0.15) is 0 Å². The lowest BCUT2D eigenvalue weighted by Gasteiger charge is -2.12. The Hall–Kier alpha value is -3.74. The maximum Gasteiger partial charge on any atom is 0.318 e. The van der Waals surface area contributed by atoms with E-state index in [2.05, 4.69) is 15.9 Å². The van der Waals surface area contributed by atoms with Gasteiger partial charge in [0.1, 0.15) is 5.75 Å². The lowest BCUT2D eigenvalue weighted by atomic mass is 10.1. The van der Waals surface area contributed by atoms with E-state index in [-0.39, 0.29) is 22.9 Å². The van der Waals surface area contributed by atoms with Crippen LogP contribution >= 0.6 is 39.3 Å². The first kappa shape index (κ1) is 25.4. The first-order valence-electron chi connectivity index (χ1n) is 10.0. The van der Waals surface area contributed by atoms with E-state index in [9.17, 15) is 29.8 Å². The van der Waals surface area contributed by atoms with Crippen molar-refractivity contribution in [3.05, 3.63) is 106 Å². The molecule has 1 aliphatic heterocycles. The molecule has 0 radical (unpaired) electrons. The molecule has 1 aliphatic rings. The largest absolute Gasteiger partial charge is 0.449 e. The molecule has 4 rings (SSSR count). The molecule has 0 bridgehead atoms. The highest BCUT2D eigenvalue weighted by Crippen LogP contribution is 2.39. The molecule has 1 heterocycles. The number of nitro groups is 2. The molecule has 0 aromatic heterocycles. The Bertz CT molecular complexity index is 1450. The van der Waals surface area contributed by atoms with Crippen molar-refractivity contribution in [2.75, 3.05) is 0 Å². The molecule has 36 heavy (non-hydrogen) atoms. The van der Waals surface area contributed by atoms with Crippen molar-refractivity contribution in [2.45, 2.75) is 6.54 Å². The van der Waals surface area contributed by atoms with Gasteiger partial charge in [-0.25, -0.2) is 0 Å². The number of amides is 2. The van der Waals surface area contributed by atoms with Crippen molar-refractivity contribution in [3.8, 4) is 11.5 Å². The van der Waals surface area contributed by atoms with Gasteiger partial charge in [0, 0.05) is 21.1 Å². The second-order valence-electron chi connectivity index (χ2n) is 7.34. The predicted octanol–water partition coefficient (Wildman–Crippen LogP) is 6.95. The minimum atomic E-state index is -0.789. The minimum absolute atomic E-state index is 0.0655. The van der Waals surface area contributed by atoms with E-state index in [4.69, 9.17) is 16.3 Å². The molecule has 0 unspecified atom stereocenters. The Morgan fingerprint density at radius 1 is 0.972 bits per heavy atom.